The molecule has 0 aromatic heterocycles. The summed E-state index contributed by atoms with van der Waals surface area (Å²) in [4.78, 5) is 0. The van der Waals surface area contributed by atoms with Gasteiger partial charge < -0.3 is 5.32 Å². The predicted molar refractivity (Wildman–Crippen MR) is 88.1 cm³/mol. The summed E-state index contributed by atoms with van der Waals surface area (Å²) in [7, 11) is 0. The van der Waals surface area contributed by atoms with Gasteiger partial charge in [-0.1, -0.05) is 49.9 Å². The molecule has 1 heteroatoms. The van der Waals surface area contributed by atoms with Gasteiger partial charge in [0.25, 0.3) is 0 Å². The molecule has 3 atom stereocenters. The summed E-state index contributed by atoms with van der Waals surface area (Å²) < 4.78 is 0. The van der Waals surface area contributed by atoms with Gasteiger partial charge in [-0.2, -0.15) is 0 Å². The van der Waals surface area contributed by atoms with Crippen molar-refractivity contribution in [3.8, 4) is 0 Å². The molecule has 0 bridgehead atoms. The Morgan fingerprint density at radius 3 is 2.70 bits per heavy atom. The number of benzene rings is 1. The molecule has 0 radical (unpaired) electrons. The Morgan fingerprint density at radius 2 is 1.95 bits per heavy atom. The third kappa shape index (κ3) is 4.09. The van der Waals surface area contributed by atoms with Gasteiger partial charge in [0, 0.05) is 12.1 Å². The Morgan fingerprint density at radius 1 is 1.15 bits per heavy atom. The van der Waals surface area contributed by atoms with Gasteiger partial charge in [0.2, 0.25) is 0 Å². The van der Waals surface area contributed by atoms with Crippen LogP contribution in [-0.4, -0.2) is 6.04 Å². The quantitative estimate of drug-likeness (QED) is 0.733. The van der Waals surface area contributed by atoms with E-state index in [0.29, 0.717) is 12.1 Å². The molecule has 0 spiro atoms. The van der Waals surface area contributed by atoms with E-state index >= 15 is 0 Å². The van der Waals surface area contributed by atoms with Gasteiger partial charge in [-0.15, -0.1) is 0 Å². The molecule has 0 aliphatic heterocycles. The maximum atomic E-state index is 3.89. The Labute approximate surface area is 125 Å². The highest BCUT2D eigenvalue weighted by molar-refractivity contribution is 5.32. The van der Waals surface area contributed by atoms with E-state index < -0.39 is 0 Å². The van der Waals surface area contributed by atoms with Crippen LogP contribution in [0, 0.1) is 19.8 Å². The van der Waals surface area contributed by atoms with Crippen molar-refractivity contribution in [1.82, 2.24) is 5.32 Å². The highest BCUT2D eigenvalue weighted by Crippen LogP contribution is 2.27. The van der Waals surface area contributed by atoms with Crippen LogP contribution < -0.4 is 5.32 Å². The lowest BCUT2D eigenvalue weighted by Crippen LogP contribution is -2.31. The van der Waals surface area contributed by atoms with Gasteiger partial charge in [0.05, 0.1) is 0 Å². The molecule has 1 nitrogen and oxygen atoms in total. The minimum absolute atomic E-state index is 0.470. The zero-order valence-corrected chi connectivity index (χ0v) is 13.7. The van der Waals surface area contributed by atoms with Crippen molar-refractivity contribution in [3.63, 3.8) is 0 Å². The molecule has 0 saturated heterocycles. The van der Waals surface area contributed by atoms with E-state index in [4.69, 9.17) is 0 Å². The molecule has 112 valence electrons. The van der Waals surface area contributed by atoms with Gasteiger partial charge >= 0.3 is 0 Å². The normalized spacial score (nSPS) is 25.2. The lowest BCUT2D eigenvalue weighted by molar-refractivity contribution is 0.399. The molecule has 1 saturated carbocycles. The van der Waals surface area contributed by atoms with E-state index in [-0.39, 0.29) is 0 Å². The molecule has 1 aromatic rings. The van der Waals surface area contributed by atoms with Crippen LogP contribution in [0.15, 0.2) is 18.2 Å². The van der Waals surface area contributed by atoms with Gasteiger partial charge in [-0.05, 0) is 57.1 Å². The number of nitrogens with one attached hydrogen (secondary N) is 1. The molecule has 1 aromatic carbocycles. The third-order valence-corrected chi connectivity index (χ3v) is 5.05. The maximum absolute atomic E-state index is 3.89. The van der Waals surface area contributed by atoms with Crippen molar-refractivity contribution in [2.45, 2.75) is 78.3 Å². The summed E-state index contributed by atoms with van der Waals surface area (Å²) in [5.74, 6) is 0.970. The molecule has 2 rings (SSSR count). The number of hydrogen-bond acceptors (Lipinski definition) is 1. The third-order valence-electron chi connectivity index (χ3n) is 5.05. The first kappa shape index (κ1) is 15.6. The minimum Gasteiger partial charge on any atom is -0.307 e. The highest BCUT2D eigenvalue weighted by Gasteiger charge is 2.20. The molecule has 1 aliphatic carbocycles. The first-order chi connectivity index (χ1) is 9.60. The summed E-state index contributed by atoms with van der Waals surface area (Å²) in [6.45, 7) is 9.08. The summed E-state index contributed by atoms with van der Waals surface area (Å²) in [6.07, 6.45) is 8.31. The van der Waals surface area contributed by atoms with Gasteiger partial charge in [-0.3, -0.25) is 0 Å². The molecular formula is C19H31N. The number of hydrogen-bond donors (Lipinski definition) is 1. The van der Waals surface area contributed by atoms with Crippen LogP contribution in [0.25, 0.3) is 0 Å². The van der Waals surface area contributed by atoms with Crippen LogP contribution in [0.3, 0.4) is 0 Å². The van der Waals surface area contributed by atoms with Gasteiger partial charge in [0.15, 0.2) is 0 Å². The van der Waals surface area contributed by atoms with Crippen molar-refractivity contribution in [3.05, 3.63) is 34.9 Å². The fourth-order valence-electron chi connectivity index (χ4n) is 3.62. The van der Waals surface area contributed by atoms with Crippen molar-refractivity contribution in [2.75, 3.05) is 0 Å². The molecule has 1 aliphatic rings. The number of aryl methyl sites for hydroxylation is 2. The Kier molecular flexibility index (Phi) is 5.65. The van der Waals surface area contributed by atoms with Crippen LogP contribution >= 0.6 is 0 Å². The summed E-state index contributed by atoms with van der Waals surface area (Å²) in [5.41, 5.74) is 4.25. The monoisotopic (exact) mass is 273 g/mol. The van der Waals surface area contributed by atoms with Crippen molar-refractivity contribution in [1.29, 1.82) is 0 Å². The lowest BCUT2D eigenvalue weighted by atomic mass is 9.97. The fourth-order valence-corrected chi connectivity index (χ4v) is 3.62. The smallest absolute Gasteiger partial charge is 0.0297 e. The second-order valence-electron chi connectivity index (χ2n) is 6.73. The summed E-state index contributed by atoms with van der Waals surface area (Å²) in [5, 5.41) is 3.89. The minimum atomic E-state index is 0.470. The topological polar surface area (TPSA) is 12.0 Å². The van der Waals surface area contributed by atoms with Crippen molar-refractivity contribution >= 4 is 0 Å². The fraction of sp³-hybridized carbons (Fsp3) is 0.684. The zero-order valence-electron chi connectivity index (χ0n) is 13.7. The van der Waals surface area contributed by atoms with E-state index in [9.17, 15) is 0 Å². The molecule has 20 heavy (non-hydrogen) atoms. The Balaban J connectivity index is 1.97. The van der Waals surface area contributed by atoms with E-state index in [1.807, 2.05) is 0 Å². The standard InChI is InChI=1S/C19H31N/c1-5-17-7-6-8-18(12-11-17)20-16(4)19-13-14(2)9-10-15(19)3/h9-10,13,16-18,20H,5-8,11-12H2,1-4H3. The average Bonchev–Trinajstić information content (AvgIpc) is 2.66. The van der Waals surface area contributed by atoms with Gasteiger partial charge in [0.1, 0.15) is 0 Å². The maximum Gasteiger partial charge on any atom is 0.0297 e. The van der Waals surface area contributed by atoms with Crippen molar-refractivity contribution in [2.24, 2.45) is 5.92 Å². The van der Waals surface area contributed by atoms with E-state index in [0.717, 1.165) is 5.92 Å². The highest BCUT2D eigenvalue weighted by atomic mass is 14.9. The van der Waals surface area contributed by atoms with E-state index in [2.05, 4.69) is 51.2 Å². The molecule has 1 fully saturated rings. The van der Waals surface area contributed by atoms with Gasteiger partial charge in [-0.25, -0.2) is 0 Å². The molecule has 1 N–H and O–H groups in total. The lowest BCUT2D eigenvalue weighted by Gasteiger charge is -2.24. The van der Waals surface area contributed by atoms with Crippen LogP contribution in [0.2, 0.25) is 0 Å². The van der Waals surface area contributed by atoms with E-state index in [1.54, 1.807) is 0 Å². The molecule has 0 heterocycles. The Hall–Kier alpha value is -0.820. The second-order valence-corrected chi connectivity index (χ2v) is 6.73. The molecule has 3 unspecified atom stereocenters. The van der Waals surface area contributed by atoms with Crippen LogP contribution in [0.5, 0.6) is 0 Å². The largest absolute Gasteiger partial charge is 0.307 e. The zero-order chi connectivity index (χ0) is 14.5. The van der Waals surface area contributed by atoms with Crippen LogP contribution in [-0.2, 0) is 0 Å². The molecular weight excluding hydrogens is 242 g/mol. The molecule has 0 amide bonds. The summed E-state index contributed by atoms with van der Waals surface area (Å²) in [6, 6.07) is 7.99. The SMILES string of the molecule is CCC1CCCC(NC(C)c2cc(C)ccc2C)CC1. The second kappa shape index (κ2) is 7.26. The Bertz CT molecular complexity index is 424. The van der Waals surface area contributed by atoms with Crippen LogP contribution in [0.4, 0.5) is 0 Å². The average molecular weight is 273 g/mol. The predicted octanol–water partition coefficient (Wildman–Crippen LogP) is 5.31. The van der Waals surface area contributed by atoms with Crippen molar-refractivity contribution < 1.29 is 0 Å². The van der Waals surface area contributed by atoms with E-state index in [1.165, 1.54) is 55.2 Å². The van der Waals surface area contributed by atoms with Crippen LogP contribution in [0.1, 0.15) is 75.1 Å². The first-order valence-corrected chi connectivity index (χ1v) is 8.43. The summed E-state index contributed by atoms with van der Waals surface area (Å²) >= 11 is 0. The first-order valence-electron chi connectivity index (χ1n) is 8.43. The number of rotatable bonds is 4.